The second kappa shape index (κ2) is 7.83. The van der Waals surface area contributed by atoms with Crippen molar-refractivity contribution in [2.24, 2.45) is 5.73 Å². The van der Waals surface area contributed by atoms with Crippen molar-refractivity contribution < 1.29 is 9.53 Å². The van der Waals surface area contributed by atoms with Crippen LogP contribution in [-0.2, 0) is 16.0 Å². The summed E-state index contributed by atoms with van der Waals surface area (Å²) >= 11 is 0. The van der Waals surface area contributed by atoms with Crippen LogP contribution in [0.5, 0.6) is 0 Å². The van der Waals surface area contributed by atoms with Gasteiger partial charge in [0.2, 0.25) is 5.91 Å². The molecule has 2 N–H and O–H groups in total. The number of benzene rings is 2. The Balaban J connectivity index is 0.000000257. The molecule has 5 rings (SSSR count). The van der Waals surface area contributed by atoms with E-state index in [-0.39, 0.29) is 11.8 Å². The van der Waals surface area contributed by atoms with Gasteiger partial charge in [-0.3, -0.25) is 4.79 Å². The molecule has 0 fully saturated rings. The average Bonchev–Trinajstić information content (AvgIpc) is 2.74. The zero-order valence-corrected chi connectivity index (χ0v) is 15.5. The zero-order chi connectivity index (χ0) is 18.6. The summed E-state index contributed by atoms with van der Waals surface area (Å²) < 4.78 is 4.80. The summed E-state index contributed by atoms with van der Waals surface area (Å²) in [4.78, 5) is 11.7. The minimum absolute atomic E-state index is 0.107. The Labute approximate surface area is 159 Å². The number of aryl methyl sites for hydroxylation is 1. The van der Waals surface area contributed by atoms with E-state index >= 15 is 0 Å². The first-order valence-corrected chi connectivity index (χ1v) is 9.73. The van der Waals surface area contributed by atoms with Gasteiger partial charge in [-0.2, -0.15) is 0 Å². The highest BCUT2D eigenvalue weighted by Gasteiger charge is 2.25. The van der Waals surface area contributed by atoms with Crippen molar-refractivity contribution in [1.82, 2.24) is 0 Å². The monoisotopic (exact) mass is 359 g/mol. The number of nitrogens with two attached hydrogens (primary N) is 1. The largest absolute Gasteiger partial charge is 0.497 e. The Morgan fingerprint density at radius 2 is 1.89 bits per heavy atom. The Morgan fingerprint density at radius 3 is 2.59 bits per heavy atom. The molecule has 0 saturated heterocycles. The van der Waals surface area contributed by atoms with Crippen LogP contribution in [0.15, 0.2) is 48.8 Å². The molecule has 0 radical (unpaired) electrons. The van der Waals surface area contributed by atoms with Crippen molar-refractivity contribution in [3.63, 3.8) is 0 Å². The number of hydrogen-bond acceptors (Lipinski definition) is 2. The molecule has 0 bridgehead atoms. The van der Waals surface area contributed by atoms with Crippen LogP contribution in [0, 0.1) is 0 Å². The predicted octanol–water partition coefficient (Wildman–Crippen LogP) is 3.19. The van der Waals surface area contributed by atoms with Gasteiger partial charge < -0.3 is 10.5 Å². The highest BCUT2D eigenvalue weighted by Crippen LogP contribution is 2.35. The van der Waals surface area contributed by atoms with Crippen LogP contribution in [0.2, 0.25) is 0 Å². The third-order valence-corrected chi connectivity index (χ3v) is 5.56. The van der Waals surface area contributed by atoms with Crippen molar-refractivity contribution in [2.75, 3.05) is 6.61 Å². The summed E-state index contributed by atoms with van der Waals surface area (Å²) in [5.74, 6) is -0.294. The van der Waals surface area contributed by atoms with Crippen LogP contribution in [0.3, 0.4) is 0 Å². The molecular weight excluding hydrogens is 334 g/mol. The smallest absolute Gasteiger partial charge is 0.224 e. The van der Waals surface area contributed by atoms with E-state index in [1.165, 1.54) is 26.8 Å². The lowest BCUT2D eigenvalue weighted by molar-refractivity contribution is -0.119. The third kappa shape index (κ3) is 3.55. The third-order valence-electron chi connectivity index (χ3n) is 5.56. The Hall–Kier alpha value is -2.81. The molecule has 3 heteroatoms. The number of carbonyl (C=O) groups is 1. The van der Waals surface area contributed by atoms with Crippen molar-refractivity contribution in [3.05, 3.63) is 70.3 Å². The summed E-state index contributed by atoms with van der Waals surface area (Å²) in [6, 6.07) is 8.77. The topological polar surface area (TPSA) is 52.3 Å². The van der Waals surface area contributed by atoms with Crippen molar-refractivity contribution in [2.45, 2.75) is 38.0 Å². The van der Waals surface area contributed by atoms with Crippen LogP contribution in [0.4, 0.5) is 0 Å². The zero-order valence-electron chi connectivity index (χ0n) is 15.5. The van der Waals surface area contributed by atoms with E-state index < -0.39 is 0 Å². The van der Waals surface area contributed by atoms with Gasteiger partial charge in [-0.05, 0) is 76.6 Å². The van der Waals surface area contributed by atoms with Crippen molar-refractivity contribution >= 4 is 28.8 Å². The second-order valence-corrected chi connectivity index (χ2v) is 7.22. The highest BCUT2D eigenvalue weighted by atomic mass is 16.5. The van der Waals surface area contributed by atoms with Crippen LogP contribution in [-0.4, -0.2) is 12.5 Å². The van der Waals surface area contributed by atoms with Gasteiger partial charge in [-0.1, -0.05) is 42.5 Å². The van der Waals surface area contributed by atoms with Gasteiger partial charge in [-0.25, -0.2) is 0 Å². The lowest BCUT2D eigenvalue weighted by atomic mass is 9.80. The average molecular weight is 359 g/mol. The Bertz CT molecular complexity index is 1030. The molecule has 2 aromatic rings. The Morgan fingerprint density at radius 1 is 1.04 bits per heavy atom. The number of rotatable bonds is 1. The molecule has 0 saturated carbocycles. The van der Waals surface area contributed by atoms with Crippen LogP contribution < -0.4 is 16.2 Å². The van der Waals surface area contributed by atoms with Crippen molar-refractivity contribution in [1.29, 1.82) is 0 Å². The van der Waals surface area contributed by atoms with Gasteiger partial charge in [0.05, 0.1) is 12.2 Å². The molecule has 0 spiro atoms. The summed E-state index contributed by atoms with van der Waals surface area (Å²) in [6.45, 7) is 0.733. The summed E-state index contributed by atoms with van der Waals surface area (Å²) in [6.07, 6.45) is 17.4. The minimum Gasteiger partial charge on any atom is -0.497 e. The van der Waals surface area contributed by atoms with Gasteiger partial charge in [0.25, 0.3) is 0 Å². The molecule has 27 heavy (non-hydrogen) atoms. The van der Waals surface area contributed by atoms with E-state index in [1.807, 2.05) is 18.2 Å². The molecule has 0 aromatic heterocycles. The molecule has 1 unspecified atom stereocenters. The molecule has 138 valence electrons. The fourth-order valence-electron chi connectivity index (χ4n) is 4.28. The first kappa shape index (κ1) is 17.6. The van der Waals surface area contributed by atoms with E-state index in [4.69, 9.17) is 10.5 Å². The minimum atomic E-state index is -0.187. The first-order chi connectivity index (χ1) is 13.3. The number of allylic oxidation sites excluding steroid dienone is 2. The number of amides is 1. The van der Waals surface area contributed by atoms with Crippen LogP contribution in [0.25, 0.3) is 22.9 Å². The normalized spacial score (nSPS) is 19.5. The highest BCUT2D eigenvalue weighted by molar-refractivity contribution is 5.91. The summed E-state index contributed by atoms with van der Waals surface area (Å²) in [5.41, 5.74) is 8.08. The maximum atomic E-state index is 11.7. The maximum absolute atomic E-state index is 11.7. The standard InChI is InChI=1S/C19H19NO.C5H6O/c20-19(21)18-7-3-6-14-16-9-8-12-4-1-2-5-13(12)15(16)10-11-17(14)18;1-2-4-6-5-3-1/h4-5,8-11,18H,1-3,6-7H2,(H2,20,21);1-4H,5H2. The molecule has 1 heterocycles. The molecule has 1 atom stereocenters. The number of fused-ring (bicyclic) bond motifs is 5. The molecular formula is C24H25NO2. The van der Waals surface area contributed by atoms with Gasteiger partial charge in [0.15, 0.2) is 0 Å². The molecule has 2 aromatic carbocycles. The maximum Gasteiger partial charge on any atom is 0.224 e. The second-order valence-electron chi connectivity index (χ2n) is 7.22. The van der Waals surface area contributed by atoms with Gasteiger partial charge in [0, 0.05) is 0 Å². The van der Waals surface area contributed by atoms with E-state index in [9.17, 15) is 4.79 Å². The number of carbonyl (C=O) groups excluding carboxylic acids is 1. The van der Waals surface area contributed by atoms with E-state index in [1.54, 1.807) is 6.26 Å². The van der Waals surface area contributed by atoms with Crippen LogP contribution in [0.1, 0.15) is 42.7 Å². The van der Waals surface area contributed by atoms with E-state index in [2.05, 4.69) is 36.4 Å². The van der Waals surface area contributed by atoms with E-state index in [0.29, 0.717) is 0 Å². The lowest BCUT2D eigenvalue weighted by Crippen LogP contribution is -2.29. The molecule has 3 aliphatic rings. The molecule has 2 aliphatic carbocycles. The van der Waals surface area contributed by atoms with Gasteiger partial charge >= 0.3 is 0 Å². The van der Waals surface area contributed by atoms with Gasteiger partial charge in [-0.15, -0.1) is 0 Å². The first-order valence-electron chi connectivity index (χ1n) is 9.73. The lowest BCUT2D eigenvalue weighted by Gasteiger charge is -2.24. The summed E-state index contributed by atoms with van der Waals surface area (Å²) in [7, 11) is 0. The fourth-order valence-corrected chi connectivity index (χ4v) is 4.28. The molecule has 3 nitrogen and oxygen atoms in total. The number of ether oxygens (including phenoxy) is 1. The van der Waals surface area contributed by atoms with E-state index in [0.717, 1.165) is 44.3 Å². The number of hydrogen-bond donors (Lipinski definition) is 1. The SMILES string of the molecule is C1=CCOC=C1.NC(=O)C1CCCc2c1ccc1c3c(ccc21)=CCCC=3. The number of primary amides is 1. The van der Waals surface area contributed by atoms with Gasteiger partial charge in [0.1, 0.15) is 6.61 Å². The fraction of sp³-hybridized carbons (Fsp3) is 0.292. The Kier molecular flexibility index (Phi) is 5.10. The summed E-state index contributed by atoms with van der Waals surface area (Å²) in [5, 5.41) is 5.34. The molecule has 1 aliphatic heterocycles. The predicted molar refractivity (Wildman–Crippen MR) is 110 cm³/mol. The van der Waals surface area contributed by atoms with Crippen molar-refractivity contribution in [3.8, 4) is 0 Å². The van der Waals surface area contributed by atoms with Crippen LogP contribution >= 0.6 is 0 Å². The molecule has 1 amide bonds. The quantitative estimate of drug-likeness (QED) is 0.850.